The number of hydrogen-bond acceptors (Lipinski definition) is 1. The minimum Gasteiger partial charge on any atom is -0.261 e. The first-order chi connectivity index (χ1) is 12.8. The van der Waals surface area contributed by atoms with Crippen LogP contribution in [0.15, 0.2) is 79.0 Å². The Balaban J connectivity index is 0.00000210. The Morgan fingerprint density at radius 1 is 0.926 bits per heavy atom. The number of aromatic nitrogens is 1. The molecule has 0 aliphatic heterocycles. The molecule has 0 spiro atoms. The van der Waals surface area contributed by atoms with Gasteiger partial charge in [0.05, 0.1) is 0 Å². The van der Waals surface area contributed by atoms with Crippen molar-refractivity contribution in [3.05, 3.63) is 95.8 Å². The van der Waals surface area contributed by atoms with Crippen LogP contribution in [0.2, 0.25) is 0 Å². The Kier molecular flexibility index (Phi) is 6.47. The number of pyridine rings is 1. The molecule has 1 nitrogen and oxygen atoms in total. The Labute approximate surface area is 168 Å². The Morgan fingerprint density at radius 3 is 2.52 bits per heavy atom. The lowest BCUT2D eigenvalue weighted by molar-refractivity contribution is 0.540. The van der Waals surface area contributed by atoms with Gasteiger partial charge in [0.1, 0.15) is 0 Å². The Bertz CT molecular complexity index is 914. The molecule has 1 aliphatic rings. The fourth-order valence-electron chi connectivity index (χ4n) is 3.99. The van der Waals surface area contributed by atoms with Crippen molar-refractivity contribution in [2.45, 2.75) is 32.6 Å². The number of rotatable bonds is 4. The van der Waals surface area contributed by atoms with E-state index in [2.05, 4.69) is 84.7 Å². The van der Waals surface area contributed by atoms with Gasteiger partial charge in [-0.2, -0.15) is 0 Å². The SMILES string of the molecule is Cc1ccccc1C1=CC(Cc2cc(-c3ccccc3)ccn2)CCC1.Cl. The quantitative estimate of drug-likeness (QED) is 0.483. The number of benzene rings is 2. The van der Waals surface area contributed by atoms with E-state index in [0.29, 0.717) is 5.92 Å². The van der Waals surface area contributed by atoms with Crippen LogP contribution in [0.1, 0.15) is 36.1 Å². The molecule has 1 heterocycles. The van der Waals surface area contributed by atoms with Crippen LogP contribution >= 0.6 is 12.4 Å². The predicted molar refractivity (Wildman–Crippen MR) is 117 cm³/mol. The van der Waals surface area contributed by atoms with E-state index < -0.39 is 0 Å². The van der Waals surface area contributed by atoms with Gasteiger partial charge in [-0.1, -0.05) is 60.7 Å². The third kappa shape index (κ3) is 4.67. The van der Waals surface area contributed by atoms with Crippen LogP contribution in [0, 0.1) is 12.8 Å². The Morgan fingerprint density at radius 2 is 1.70 bits per heavy atom. The fourth-order valence-corrected chi connectivity index (χ4v) is 3.99. The van der Waals surface area contributed by atoms with Gasteiger partial charge >= 0.3 is 0 Å². The average Bonchev–Trinajstić information content (AvgIpc) is 2.69. The standard InChI is InChI=1S/C25H25N.ClH/c1-19-8-5-6-13-25(19)23-12-7-9-20(16-23)17-24-18-22(14-15-26-24)21-10-3-2-4-11-21;/h2-6,8,10-11,13-16,18,20H,7,9,12,17H2,1H3;1H. The molecule has 0 amide bonds. The van der Waals surface area contributed by atoms with Crippen molar-refractivity contribution in [2.24, 2.45) is 5.92 Å². The summed E-state index contributed by atoms with van der Waals surface area (Å²) in [4.78, 5) is 4.65. The van der Waals surface area contributed by atoms with E-state index in [1.165, 1.54) is 52.8 Å². The zero-order chi connectivity index (χ0) is 17.8. The van der Waals surface area contributed by atoms with Crippen molar-refractivity contribution in [1.82, 2.24) is 4.98 Å². The first kappa shape index (κ1) is 19.4. The van der Waals surface area contributed by atoms with Gasteiger partial charge in [0.15, 0.2) is 0 Å². The van der Waals surface area contributed by atoms with Crippen LogP contribution in [-0.2, 0) is 6.42 Å². The molecule has 3 aromatic rings. The van der Waals surface area contributed by atoms with Crippen molar-refractivity contribution < 1.29 is 0 Å². The number of halogens is 1. The second kappa shape index (κ2) is 9.01. The van der Waals surface area contributed by atoms with Gasteiger partial charge in [0, 0.05) is 11.9 Å². The molecule has 0 saturated heterocycles. The first-order valence-electron chi connectivity index (χ1n) is 9.56. The van der Waals surface area contributed by atoms with E-state index in [1.807, 2.05) is 6.20 Å². The zero-order valence-electron chi connectivity index (χ0n) is 15.8. The summed E-state index contributed by atoms with van der Waals surface area (Å²) in [5.74, 6) is 0.580. The van der Waals surface area contributed by atoms with Gasteiger partial charge in [-0.05, 0) is 78.5 Å². The highest BCUT2D eigenvalue weighted by Gasteiger charge is 2.17. The largest absolute Gasteiger partial charge is 0.261 e. The van der Waals surface area contributed by atoms with Gasteiger partial charge in [-0.25, -0.2) is 0 Å². The lowest BCUT2D eigenvalue weighted by atomic mass is 9.83. The molecule has 1 atom stereocenters. The summed E-state index contributed by atoms with van der Waals surface area (Å²) in [7, 11) is 0. The predicted octanol–water partition coefficient (Wildman–Crippen LogP) is 6.91. The van der Waals surface area contributed by atoms with Gasteiger partial charge in [-0.3, -0.25) is 4.98 Å². The van der Waals surface area contributed by atoms with Crippen molar-refractivity contribution >= 4 is 18.0 Å². The molecule has 2 heteroatoms. The second-order valence-electron chi connectivity index (χ2n) is 7.27. The van der Waals surface area contributed by atoms with E-state index in [4.69, 9.17) is 0 Å². The molecule has 2 aromatic carbocycles. The van der Waals surface area contributed by atoms with Crippen molar-refractivity contribution in [3.8, 4) is 11.1 Å². The number of hydrogen-bond donors (Lipinski definition) is 0. The topological polar surface area (TPSA) is 12.9 Å². The Hall–Kier alpha value is -2.38. The monoisotopic (exact) mass is 375 g/mol. The number of allylic oxidation sites excluding steroid dienone is 2. The minimum atomic E-state index is 0. The van der Waals surface area contributed by atoms with Gasteiger partial charge in [0.25, 0.3) is 0 Å². The second-order valence-corrected chi connectivity index (χ2v) is 7.27. The summed E-state index contributed by atoms with van der Waals surface area (Å²) >= 11 is 0. The molecule has 0 fully saturated rings. The maximum absolute atomic E-state index is 4.65. The van der Waals surface area contributed by atoms with Gasteiger partial charge in [0.2, 0.25) is 0 Å². The first-order valence-corrected chi connectivity index (χ1v) is 9.56. The lowest BCUT2D eigenvalue weighted by Crippen LogP contribution is -2.09. The van der Waals surface area contributed by atoms with Crippen LogP contribution < -0.4 is 0 Å². The summed E-state index contributed by atoms with van der Waals surface area (Å²) in [5, 5.41) is 0. The smallest absolute Gasteiger partial charge is 0.0415 e. The summed E-state index contributed by atoms with van der Waals surface area (Å²) in [5.41, 5.74) is 8.02. The van der Waals surface area contributed by atoms with Crippen LogP contribution in [0.4, 0.5) is 0 Å². The maximum atomic E-state index is 4.65. The zero-order valence-corrected chi connectivity index (χ0v) is 16.6. The lowest BCUT2D eigenvalue weighted by Gasteiger charge is -2.22. The van der Waals surface area contributed by atoms with Gasteiger partial charge < -0.3 is 0 Å². The molecule has 0 radical (unpaired) electrons. The van der Waals surface area contributed by atoms with E-state index in [9.17, 15) is 0 Å². The minimum absolute atomic E-state index is 0. The van der Waals surface area contributed by atoms with E-state index in [0.717, 1.165) is 6.42 Å². The number of nitrogens with zero attached hydrogens (tertiary/aromatic N) is 1. The molecular formula is C25H26ClN. The molecule has 0 N–H and O–H groups in total. The molecule has 27 heavy (non-hydrogen) atoms. The summed E-state index contributed by atoms with van der Waals surface area (Å²) in [6.45, 7) is 2.21. The highest BCUT2D eigenvalue weighted by molar-refractivity contribution is 5.85. The van der Waals surface area contributed by atoms with Crippen LogP contribution in [0.3, 0.4) is 0 Å². The molecular weight excluding hydrogens is 350 g/mol. The van der Waals surface area contributed by atoms with Crippen LogP contribution in [-0.4, -0.2) is 4.98 Å². The molecule has 1 aliphatic carbocycles. The van der Waals surface area contributed by atoms with E-state index in [1.54, 1.807) is 0 Å². The molecule has 138 valence electrons. The average molecular weight is 376 g/mol. The molecule has 1 unspecified atom stereocenters. The van der Waals surface area contributed by atoms with Crippen LogP contribution in [0.25, 0.3) is 16.7 Å². The number of aryl methyl sites for hydroxylation is 1. The maximum Gasteiger partial charge on any atom is 0.0415 e. The third-order valence-corrected chi connectivity index (χ3v) is 5.34. The van der Waals surface area contributed by atoms with E-state index >= 15 is 0 Å². The summed E-state index contributed by atoms with van der Waals surface area (Å²) in [6.07, 6.45) is 9.19. The highest BCUT2D eigenvalue weighted by Crippen LogP contribution is 2.33. The summed E-state index contributed by atoms with van der Waals surface area (Å²) < 4.78 is 0. The van der Waals surface area contributed by atoms with Crippen molar-refractivity contribution in [2.75, 3.05) is 0 Å². The molecule has 0 saturated carbocycles. The van der Waals surface area contributed by atoms with Gasteiger partial charge in [-0.15, -0.1) is 12.4 Å². The third-order valence-electron chi connectivity index (χ3n) is 5.34. The fraction of sp³-hybridized carbons (Fsp3) is 0.240. The van der Waals surface area contributed by atoms with E-state index in [-0.39, 0.29) is 12.4 Å². The highest BCUT2D eigenvalue weighted by atomic mass is 35.5. The van der Waals surface area contributed by atoms with Crippen LogP contribution in [0.5, 0.6) is 0 Å². The summed E-state index contributed by atoms with van der Waals surface area (Å²) in [6, 6.07) is 23.7. The molecule has 1 aromatic heterocycles. The molecule has 0 bridgehead atoms. The van der Waals surface area contributed by atoms with Crippen molar-refractivity contribution in [3.63, 3.8) is 0 Å². The molecule has 4 rings (SSSR count). The normalized spacial score (nSPS) is 16.3. The van der Waals surface area contributed by atoms with Crippen molar-refractivity contribution in [1.29, 1.82) is 0 Å².